The Morgan fingerprint density at radius 1 is 0.963 bits per heavy atom. The summed E-state index contributed by atoms with van der Waals surface area (Å²) in [5.74, 6) is 0. The third kappa shape index (κ3) is 4.91. The van der Waals surface area contributed by atoms with Crippen LogP contribution in [0, 0.1) is 0 Å². The van der Waals surface area contributed by atoms with E-state index in [4.69, 9.17) is 16.7 Å². The van der Waals surface area contributed by atoms with E-state index >= 15 is 0 Å². The van der Waals surface area contributed by atoms with E-state index in [0.29, 0.717) is 18.0 Å². The van der Waals surface area contributed by atoms with E-state index in [0.717, 1.165) is 31.2 Å². The Balaban J connectivity index is 1.81. The van der Waals surface area contributed by atoms with Gasteiger partial charge in [0.15, 0.2) is 0 Å². The zero-order valence-corrected chi connectivity index (χ0v) is 16.9. The molecule has 0 saturated heterocycles. The van der Waals surface area contributed by atoms with Crippen molar-refractivity contribution in [3.05, 3.63) is 64.7 Å². The standard InChI is InChI=1S/C21H26ClNO3S/c22-19-8-10-20(11-9-19)27(25,26)23-16-21(13-2-1-3-14-21)18-6-4-17(5-7-18)12-15-24/h4-11,23-24H,1-3,12-16H2. The Hall–Kier alpha value is -1.40. The number of aliphatic hydroxyl groups is 1. The van der Waals surface area contributed by atoms with Crippen LogP contribution in [0.5, 0.6) is 0 Å². The van der Waals surface area contributed by atoms with Gasteiger partial charge < -0.3 is 5.11 Å². The highest BCUT2D eigenvalue weighted by Crippen LogP contribution is 2.39. The first kappa shape index (κ1) is 20.3. The van der Waals surface area contributed by atoms with Crippen LogP contribution in [-0.4, -0.2) is 26.7 Å². The third-order valence-corrected chi connectivity index (χ3v) is 7.17. The lowest BCUT2D eigenvalue weighted by atomic mass is 9.69. The second-order valence-corrected chi connectivity index (χ2v) is 9.49. The van der Waals surface area contributed by atoms with Gasteiger partial charge in [-0.05, 0) is 54.7 Å². The van der Waals surface area contributed by atoms with E-state index in [1.54, 1.807) is 12.1 Å². The lowest BCUT2D eigenvalue weighted by Gasteiger charge is -2.38. The highest BCUT2D eigenvalue weighted by Gasteiger charge is 2.35. The summed E-state index contributed by atoms with van der Waals surface area (Å²) in [5, 5.41) is 9.62. The first-order valence-electron chi connectivity index (χ1n) is 9.41. The van der Waals surface area contributed by atoms with Crippen molar-refractivity contribution >= 4 is 21.6 Å². The van der Waals surface area contributed by atoms with Gasteiger partial charge in [0.2, 0.25) is 10.0 Å². The van der Waals surface area contributed by atoms with Crippen molar-refractivity contribution in [2.75, 3.05) is 13.2 Å². The molecule has 0 amide bonds. The van der Waals surface area contributed by atoms with Gasteiger partial charge in [-0.25, -0.2) is 13.1 Å². The summed E-state index contributed by atoms with van der Waals surface area (Å²) >= 11 is 5.87. The molecule has 2 N–H and O–H groups in total. The molecule has 0 heterocycles. The van der Waals surface area contributed by atoms with Gasteiger partial charge in [0.25, 0.3) is 0 Å². The van der Waals surface area contributed by atoms with Gasteiger partial charge in [-0.3, -0.25) is 0 Å². The number of nitrogens with one attached hydrogen (secondary N) is 1. The largest absolute Gasteiger partial charge is 0.396 e. The number of aliphatic hydroxyl groups excluding tert-OH is 1. The molecule has 1 saturated carbocycles. The van der Waals surface area contributed by atoms with Crippen LogP contribution in [0.4, 0.5) is 0 Å². The quantitative estimate of drug-likeness (QED) is 0.727. The summed E-state index contributed by atoms with van der Waals surface area (Å²) in [6, 6.07) is 14.5. The summed E-state index contributed by atoms with van der Waals surface area (Å²) in [7, 11) is -3.58. The Kier molecular flexibility index (Phi) is 6.58. The maximum Gasteiger partial charge on any atom is 0.240 e. The molecule has 27 heavy (non-hydrogen) atoms. The van der Waals surface area contributed by atoms with Crippen LogP contribution in [-0.2, 0) is 21.9 Å². The van der Waals surface area contributed by atoms with Crippen LogP contribution >= 0.6 is 11.6 Å². The molecule has 0 spiro atoms. The highest BCUT2D eigenvalue weighted by atomic mass is 35.5. The zero-order chi connectivity index (χ0) is 19.3. The normalized spacial score (nSPS) is 17.0. The minimum atomic E-state index is -3.58. The second-order valence-electron chi connectivity index (χ2n) is 7.29. The molecular weight excluding hydrogens is 382 g/mol. The van der Waals surface area contributed by atoms with Crippen LogP contribution < -0.4 is 4.72 Å². The first-order valence-corrected chi connectivity index (χ1v) is 11.3. The van der Waals surface area contributed by atoms with Crippen LogP contribution in [0.15, 0.2) is 53.4 Å². The monoisotopic (exact) mass is 407 g/mol. The molecule has 2 aromatic rings. The maximum absolute atomic E-state index is 12.7. The highest BCUT2D eigenvalue weighted by molar-refractivity contribution is 7.89. The van der Waals surface area contributed by atoms with Gasteiger partial charge in [-0.15, -0.1) is 0 Å². The van der Waals surface area contributed by atoms with Gasteiger partial charge >= 0.3 is 0 Å². The van der Waals surface area contributed by atoms with Crippen LogP contribution in [0.2, 0.25) is 5.02 Å². The fourth-order valence-electron chi connectivity index (χ4n) is 3.88. The smallest absolute Gasteiger partial charge is 0.240 e. The fraction of sp³-hybridized carbons (Fsp3) is 0.429. The predicted molar refractivity (Wildman–Crippen MR) is 109 cm³/mol. The summed E-state index contributed by atoms with van der Waals surface area (Å²) < 4.78 is 28.3. The Morgan fingerprint density at radius 3 is 2.19 bits per heavy atom. The maximum atomic E-state index is 12.7. The lowest BCUT2D eigenvalue weighted by Crippen LogP contribution is -2.42. The Labute approximate surface area is 166 Å². The molecule has 1 aliphatic carbocycles. The van der Waals surface area contributed by atoms with Crippen molar-refractivity contribution in [1.29, 1.82) is 0 Å². The molecule has 0 aromatic heterocycles. The average Bonchev–Trinajstić information content (AvgIpc) is 2.68. The minimum Gasteiger partial charge on any atom is -0.396 e. The number of rotatable bonds is 7. The first-order chi connectivity index (χ1) is 13.0. The number of benzene rings is 2. The average molecular weight is 408 g/mol. The molecule has 3 rings (SSSR count). The summed E-state index contributed by atoms with van der Waals surface area (Å²) in [6.07, 6.45) is 5.96. The van der Waals surface area contributed by atoms with Gasteiger partial charge in [0, 0.05) is 23.6 Å². The Bertz CT molecular complexity index is 842. The molecule has 4 nitrogen and oxygen atoms in total. The number of sulfonamides is 1. The number of halogens is 1. The molecule has 1 fully saturated rings. The van der Waals surface area contributed by atoms with E-state index in [2.05, 4.69) is 16.9 Å². The third-order valence-electron chi connectivity index (χ3n) is 5.50. The van der Waals surface area contributed by atoms with Crippen molar-refractivity contribution < 1.29 is 13.5 Å². The topological polar surface area (TPSA) is 66.4 Å². The SMILES string of the molecule is O=S(=O)(NCC1(c2ccc(CCO)cc2)CCCCC1)c1ccc(Cl)cc1. The van der Waals surface area contributed by atoms with E-state index in [1.165, 1.54) is 24.1 Å². The predicted octanol–water partition coefficient (Wildman–Crippen LogP) is 4.06. The molecular formula is C21H26ClNO3S. The van der Waals surface area contributed by atoms with Crippen molar-refractivity contribution in [1.82, 2.24) is 4.72 Å². The van der Waals surface area contributed by atoms with E-state index in [9.17, 15) is 8.42 Å². The van der Waals surface area contributed by atoms with Gasteiger partial charge in [-0.2, -0.15) is 0 Å². The van der Waals surface area contributed by atoms with Gasteiger partial charge in [-0.1, -0.05) is 55.1 Å². The number of hydrogen-bond acceptors (Lipinski definition) is 3. The minimum absolute atomic E-state index is 0.130. The molecule has 1 aliphatic rings. The van der Waals surface area contributed by atoms with Crippen molar-refractivity contribution in [3.8, 4) is 0 Å². The lowest BCUT2D eigenvalue weighted by molar-refractivity contribution is 0.292. The molecule has 0 bridgehead atoms. The van der Waals surface area contributed by atoms with Crippen molar-refractivity contribution in [3.63, 3.8) is 0 Å². The van der Waals surface area contributed by atoms with Crippen LogP contribution in [0.1, 0.15) is 43.2 Å². The van der Waals surface area contributed by atoms with E-state index in [1.807, 2.05) is 12.1 Å². The Morgan fingerprint density at radius 2 is 1.59 bits per heavy atom. The van der Waals surface area contributed by atoms with Crippen molar-refractivity contribution in [2.24, 2.45) is 0 Å². The molecule has 6 heteroatoms. The van der Waals surface area contributed by atoms with Crippen LogP contribution in [0.25, 0.3) is 0 Å². The van der Waals surface area contributed by atoms with Crippen LogP contribution in [0.3, 0.4) is 0 Å². The van der Waals surface area contributed by atoms with Gasteiger partial charge in [0.05, 0.1) is 4.90 Å². The molecule has 0 radical (unpaired) electrons. The number of hydrogen-bond donors (Lipinski definition) is 2. The van der Waals surface area contributed by atoms with E-state index < -0.39 is 10.0 Å². The zero-order valence-electron chi connectivity index (χ0n) is 15.3. The van der Waals surface area contributed by atoms with E-state index in [-0.39, 0.29) is 16.9 Å². The fourth-order valence-corrected chi connectivity index (χ4v) is 5.13. The molecule has 0 atom stereocenters. The second kappa shape index (κ2) is 8.74. The van der Waals surface area contributed by atoms with Gasteiger partial charge in [0.1, 0.15) is 0 Å². The summed E-state index contributed by atoms with van der Waals surface area (Å²) in [4.78, 5) is 0.233. The molecule has 0 aliphatic heterocycles. The molecule has 0 unspecified atom stereocenters. The van der Waals surface area contributed by atoms with Crippen molar-refractivity contribution in [2.45, 2.75) is 48.8 Å². The summed E-state index contributed by atoms with van der Waals surface area (Å²) in [6.45, 7) is 0.517. The summed E-state index contributed by atoms with van der Waals surface area (Å²) in [5.41, 5.74) is 2.08. The molecule has 146 valence electrons. The molecule has 2 aromatic carbocycles.